The van der Waals surface area contributed by atoms with E-state index in [0.717, 1.165) is 71.5 Å². The van der Waals surface area contributed by atoms with Gasteiger partial charge in [0, 0.05) is 41.6 Å². The van der Waals surface area contributed by atoms with Gasteiger partial charge in [0.1, 0.15) is 19.0 Å². The second-order valence-electron chi connectivity index (χ2n) is 11.9. The molecule has 228 valence electrons. The van der Waals surface area contributed by atoms with Gasteiger partial charge in [0.15, 0.2) is 0 Å². The summed E-state index contributed by atoms with van der Waals surface area (Å²) in [5.74, 6) is 5.63. The maximum atomic E-state index is 12.8. The summed E-state index contributed by atoms with van der Waals surface area (Å²) in [4.78, 5) is 28.9. The number of benzene rings is 2. The Hall–Kier alpha value is -3.89. The van der Waals surface area contributed by atoms with Crippen LogP contribution in [-0.4, -0.2) is 89.3 Å². The van der Waals surface area contributed by atoms with Gasteiger partial charge >= 0.3 is 6.01 Å². The van der Waals surface area contributed by atoms with E-state index in [4.69, 9.17) is 31.4 Å². The number of rotatable bonds is 6. The Balaban J connectivity index is 1.33. The van der Waals surface area contributed by atoms with Gasteiger partial charge in [-0.05, 0) is 74.6 Å². The number of nitrogens with zero attached hydrogens (tertiary/aromatic N) is 6. The number of aliphatic hydroxyl groups excluding tert-OH is 1. The van der Waals surface area contributed by atoms with Gasteiger partial charge in [-0.1, -0.05) is 47.9 Å². The third-order valence-corrected chi connectivity index (χ3v) is 9.59. The summed E-state index contributed by atoms with van der Waals surface area (Å²) >= 11 is 6.72. The molecule has 6 rings (SSSR count). The molecular weight excluding hydrogens is 576 g/mol. The zero-order chi connectivity index (χ0) is 30.6. The minimum atomic E-state index is -0.382. The van der Waals surface area contributed by atoms with E-state index in [1.807, 2.05) is 12.1 Å². The molecule has 0 spiro atoms. The Bertz CT molecular complexity index is 1640. The van der Waals surface area contributed by atoms with Crippen molar-refractivity contribution in [2.24, 2.45) is 0 Å². The van der Waals surface area contributed by atoms with Crippen LogP contribution in [0.5, 0.6) is 6.01 Å². The number of hydrogen-bond donors (Lipinski definition) is 1. The number of likely N-dealkylation sites (N-methyl/N-ethyl adjacent to an activating group) is 1. The van der Waals surface area contributed by atoms with Crippen LogP contribution in [0.1, 0.15) is 48.4 Å². The maximum absolute atomic E-state index is 12.8. The number of aromatic nitrogens is 2. The average Bonchev–Trinajstić information content (AvgIpc) is 3.46. The van der Waals surface area contributed by atoms with E-state index < -0.39 is 0 Å². The summed E-state index contributed by atoms with van der Waals surface area (Å²) in [5.41, 5.74) is 3.32. The summed E-state index contributed by atoms with van der Waals surface area (Å²) in [6.45, 7) is 2.62. The topological polar surface area (TPSA) is 106 Å². The molecule has 10 heteroatoms. The largest absolute Gasteiger partial charge is 0.462 e. The monoisotopic (exact) mass is 612 g/mol. The van der Waals surface area contributed by atoms with Crippen LogP contribution in [0.3, 0.4) is 0 Å². The molecule has 0 saturated carbocycles. The van der Waals surface area contributed by atoms with Crippen LogP contribution in [0.2, 0.25) is 5.02 Å². The molecule has 0 radical (unpaired) electrons. The molecule has 2 fully saturated rings. The SMILES string of the molecule is CN1CCC[C@H]1COc1nc2c(c(N3CCN(C(=O)C#CCO)[C@@H](CC#N)C3)n1)CCC(c1cccc3cccc(Cl)c13)C2. The van der Waals surface area contributed by atoms with E-state index in [9.17, 15) is 10.1 Å². The van der Waals surface area contributed by atoms with Crippen LogP contribution >= 0.6 is 11.6 Å². The quantitative estimate of drug-likeness (QED) is 0.417. The fraction of sp³-hybridized carbons (Fsp3) is 0.471. The molecular formula is C34H37ClN6O3. The molecule has 3 aliphatic rings. The van der Waals surface area contributed by atoms with Crippen molar-refractivity contribution in [1.82, 2.24) is 19.8 Å². The lowest BCUT2D eigenvalue weighted by Gasteiger charge is -2.41. The minimum Gasteiger partial charge on any atom is -0.462 e. The number of halogens is 1. The smallest absolute Gasteiger partial charge is 0.318 e. The highest BCUT2D eigenvalue weighted by molar-refractivity contribution is 6.35. The van der Waals surface area contributed by atoms with E-state index in [1.54, 1.807) is 4.90 Å². The summed E-state index contributed by atoms with van der Waals surface area (Å²) in [7, 11) is 2.13. The lowest BCUT2D eigenvalue weighted by Crippen LogP contribution is -2.55. The number of ether oxygens (including phenoxy) is 1. The van der Waals surface area contributed by atoms with Crippen molar-refractivity contribution in [2.75, 3.05) is 51.3 Å². The molecule has 1 N–H and O–H groups in total. The van der Waals surface area contributed by atoms with Crippen LogP contribution in [-0.2, 0) is 17.6 Å². The first kappa shape index (κ1) is 30.1. The second kappa shape index (κ2) is 13.4. The Labute approximate surface area is 263 Å². The van der Waals surface area contributed by atoms with Crippen molar-refractivity contribution < 1.29 is 14.6 Å². The molecule has 9 nitrogen and oxygen atoms in total. The Morgan fingerprint density at radius 2 is 1.98 bits per heavy atom. The van der Waals surface area contributed by atoms with E-state index >= 15 is 0 Å². The van der Waals surface area contributed by atoms with E-state index in [1.165, 1.54) is 5.56 Å². The van der Waals surface area contributed by atoms with Crippen molar-refractivity contribution in [3.8, 4) is 23.9 Å². The van der Waals surface area contributed by atoms with Crippen LogP contribution < -0.4 is 9.64 Å². The van der Waals surface area contributed by atoms with Crippen LogP contribution in [0.25, 0.3) is 10.8 Å². The van der Waals surface area contributed by atoms with Gasteiger partial charge in [-0.2, -0.15) is 15.2 Å². The molecule has 1 amide bonds. The molecule has 3 aromatic rings. The van der Waals surface area contributed by atoms with E-state index in [0.29, 0.717) is 38.3 Å². The van der Waals surface area contributed by atoms with Gasteiger partial charge in [-0.3, -0.25) is 4.79 Å². The number of nitriles is 1. The molecule has 3 heterocycles. The molecule has 44 heavy (non-hydrogen) atoms. The van der Waals surface area contributed by atoms with Crippen molar-refractivity contribution in [3.63, 3.8) is 0 Å². The highest BCUT2D eigenvalue weighted by Crippen LogP contribution is 2.41. The van der Waals surface area contributed by atoms with Crippen molar-refractivity contribution in [3.05, 3.63) is 58.2 Å². The summed E-state index contributed by atoms with van der Waals surface area (Å²) in [6.07, 6.45) is 4.89. The standard InChI is InChI=1S/C34H37ClN6O3/c1-39-16-4-8-26(39)22-44-34-37-30-20-24(27-9-2-6-23-7-3-10-29(35)32(23)27)12-13-28(30)33(38-34)40-17-18-41(25(21-40)14-15-36)31(43)11-5-19-42/h2-3,6-7,9-10,24-26,42H,4,8,12-14,16-22H2,1H3/t24?,25-,26-/m0/s1. The first-order valence-corrected chi connectivity index (χ1v) is 15.8. The fourth-order valence-electron chi connectivity index (χ4n) is 6.97. The number of aliphatic hydroxyl groups is 1. The number of likely N-dealkylation sites (tertiary alicyclic amines) is 1. The van der Waals surface area contributed by atoms with Gasteiger partial charge in [-0.15, -0.1) is 0 Å². The normalized spacial score (nSPS) is 21.8. The highest BCUT2D eigenvalue weighted by Gasteiger charge is 2.34. The van der Waals surface area contributed by atoms with Crippen molar-refractivity contribution in [2.45, 2.75) is 56.5 Å². The van der Waals surface area contributed by atoms with Crippen LogP contribution in [0.15, 0.2) is 36.4 Å². The zero-order valence-corrected chi connectivity index (χ0v) is 25.8. The average molecular weight is 613 g/mol. The zero-order valence-electron chi connectivity index (χ0n) is 25.0. The molecule has 0 bridgehead atoms. The molecule has 1 aromatic heterocycles. The summed E-state index contributed by atoms with van der Waals surface area (Å²) in [5, 5.41) is 21.6. The Morgan fingerprint density at radius 3 is 2.75 bits per heavy atom. The first-order valence-electron chi connectivity index (χ1n) is 15.4. The fourth-order valence-corrected chi connectivity index (χ4v) is 7.26. The molecule has 2 aromatic carbocycles. The van der Waals surface area contributed by atoms with Gasteiger partial charge in [0.05, 0.1) is 24.2 Å². The number of fused-ring (bicyclic) bond motifs is 2. The molecule has 3 atom stereocenters. The van der Waals surface area contributed by atoms with Gasteiger partial charge < -0.3 is 24.5 Å². The minimum absolute atomic E-state index is 0.178. The predicted molar refractivity (Wildman–Crippen MR) is 170 cm³/mol. The van der Waals surface area contributed by atoms with Gasteiger partial charge in [0.2, 0.25) is 0 Å². The van der Waals surface area contributed by atoms with Crippen molar-refractivity contribution >= 4 is 34.1 Å². The van der Waals surface area contributed by atoms with Crippen molar-refractivity contribution in [1.29, 1.82) is 5.26 Å². The highest BCUT2D eigenvalue weighted by atomic mass is 35.5. The van der Waals surface area contributed by atoms with Gasteiger partial charge in [0.25, 0.3) is 5.91 Å². The number of carbonyl (C=O) groups excluding carboxylic acids is 1. The molecule has 1 aliphatic carbocycles. The Morgan fingerprint density at radius 1 is 1.14 bits per heavy atom. The summed E-state index contributed by atoms with van der Waals surface area (Å²) in [6, 6.07) is 15.0. The predicted octanol–water partition coefficient (Wildman–Crippen LogP) is 3.96. The number of hydrogen-bond acceptors (Lipinski definition) is 8. The lowest BCUT2D eigenvalue weighted by atomic mass is 9.80. The molecule has 2 saturated heterocycles. The second-order valence-corrected chi connectivity index (χ2v) is 12.3. The number of piperazine rings is 1. The third kappa shape index (κ3) is 6.19. The first-order chi connectivity index (χ1) is 21.5. The van der Waals surface area contributed by atoms with Crippen LogP contribution in [0, 0.1) is 23.2 Å². The van der Waals surface area contributed by atoms with E-state index in [2.05, 4.69) is 59.0 Å². The maximum Gasteiger partial charge on any atom is 0.318 e. The number of carbonyl (C=O) groups is 1. The number of anilines is 1. The van der Waals surface area contributed by atoms with E-state index in [-0.39, 0.29) is 30.9 Å². The molecule has 1 unspecified atom stereocenters. The van der Waals surface area contributed by atoms with Gasteiger partial charge in [-0.25, -0.2) is 0 Å². The Kier molecular flexibility index (Phi) is 9.18. The molecule has 2 aliphatic heterocycles. The van der Waals surface area contributed by atoms with Crippen LogP contribution in [0.4, 0.5) is 5.82 Å². The third-order valence-electron chi connectivity index (χ3n) is 9.28. The summed E-state index contributed by atoms with van der Waals surface area (Å²) < 4.78 is 6.30. The number of amides is 1. The lowest BCUT2D eigenvalue weighted by molar-refractivity contribution is -0.127.